The normalized spacial score (nSPS) is 0. The van der Waals surface area contributed by atoms with Crippen molar-refractivity contribution in [2.45, 2.75) is 0 Å². The van der Waals surface area contributed by atoms with Crippen LogP contribution < -0.4 is 0 Å². The van der Waals surface area contributed by atoms with E-state index < -0.39 is 0 Å². The summed E-state index contributed by atoms with van der Waals surface area (Å²) < 4.78 is 0. The van der Waals surface area contributed by atoms with Crippen molar-refractivity contribution < 1.29 is 92.5 Å². The Hall–Kier alpha value is 3.69. The van der Waals surface area contributed by atoms with Crippen molar-refractivity contribution in [3.05, 3.63) is 0 Å². The molecule has 0 fully saturated rings. The van der Waals surface area contributed by atoms with Gasteiger partial charge in [0, 0.05) is 92.5 Å². The minimum atomic E-state index is 0. The predicted molar refractivity (Wildman–Crippen MR) is 8.54 cm³/mol. The molecule has 0 rings (SSSR count). The molecule has 5 radical (unpaired) electrons. The molecule has 0 nitrogen and oxygen atoms in total. The molecule has 0 spiro atoms. The van der Waals surface area contributed by atoms with Crippen LogP contribution in [0.25, 0.3) is 0 Å². The first-order valence-corrected chi connectivity index (χ1v) is 0. The van der Waals surface area contributed by atoms with Gasteiger partial charge in [0.05, 0.1) is 0 Å². The van der Waals surface area contributed by atoms with Crippen LogP contribution in [0.4, 0.5) is 0 Å². The van der Waals surface area contributed by atoms with E-state index in [4.69, 9.17) is 0 Å². The van der Waals surface area contributed by atoms with Crippen molar-refractivity contribution in [1.82, 2.24) is 0 Å². The molecule has 0 aliphatic carbocycles. The standard InChI is InChI=1S/Ag.Cu.Mn.Ni.Sn.Zn.2H. The third kappa shape index (κ3) is 25.3. The predicted octanol–water partition coefficient (Wildman–Crippen LogP) is -0.929. The molecule has 0 aliphatic heterocycles. The van der Waals surface area contributed by atoms with Crippen LogP contribution in [0.1, 0.15) is 0 Å². The Bertz CT molecular complexity index is 15.5. The molecule has 0 amide bonds. The fourth-order valence-corrected chi connectivity index (χ4v) is 0. The van der Waals surface area contributed by atoms with Gasteiger partial charge in [-0.15, -0.1) is 0 Å². The second-order valence-corrected chi connectivity index (χ2v) is 0. The van der Waals surface area contributed by atoms with Crippen LogP contribution in [0, 0.1) is 0 Å². The summed E-state index contributed by atoms with van der Waals surface area (Å²) in [6, 6.07) is 0. The van der Waals surface area contributed by atoms with Gasteiger partial charge in [-0.05, 0) is 0 Å². The van der Waals surface area contributed by atoms with Gasteiger partial charge >= 0.3 is 23.9 Å². The Morgan fingerprint density at radius 2 is 1.00 bits per heavy atom. The average molecular weight is 471 g/mol. The van der Waals surface area contributed by atoms with Gasteiger partial charge in [0.1, 0.15) is 0 Å². The molecule has 0 aromatic heterocycles. The summed E-state index contributed by atoms with van der Waals surface area (Å²) in [6.45, 7) is 0. The first-order chi connectivity index (χ1) is 0. The van der Waals surface area contributed by atoms with Gasteiger partial charge < -0.3 is 0 Å². The summed E-state index contributed by atoms with van der Waals surface area (Å²) in [6.07, 6.45) is 0. The van der Waals surface area contributed by atoms with Crippen molar-refractivity contribution >= 4 is 23.9 Å². The first kappa shape index (κ1) is 53.7. The monoisotopic (exact) mass is 469 g/mol. The Kier molecular flexibility index (Phi) is 337. The van der Waals surface area contributed by atoms with Crippen LogP contribution in [-0.2, 0) is 92.5 Å². The third-order valence-electron chi connectivity index (χ3n) is 0. The summed E-state index contributed by atoms with van der Waals surface area (Å²) in [5.41, 5.74) is 0. The molecule has 6 heteroatoms. The van der Waals surface area contributed by atoms with Crippen LogP contribution in [-0.4, -0.2) is 23.9 Å². The summed E-state index contributed by atoms with van der Waals surface area (Å²) in [5.74, 6) is 0. The second kappa shape index (κ2) is 37.7. The average Bonchev–Trinajstić information content (AvgIpc) is 0. The zero-order chi connectivity index (χ0) is 0. The maximum Gasteiger partial charge on any atom is 0 e. The van der Waals surface area contributed by atoms with Crippen molar-refractivity contribution in [2.75, 3.05) is 0 Å². The number of hydrogen-bond acceptors (Lipinski definition) is 0. The Labute approximate surface area is 114 Å². The minimum absolute atomic E-state index is 0. The smallest absolute Gasteiger partial charge is 0 e. The van der Waals surface area contributed by atoms with E-state index in [1.165, 1.54) is 0 Å². The van der Waals surface area contributed by atoms with Gasteiger partial charge in [-0.1, -0.05) is 0 Å². The van der Waals surface area contributed by atoms with E-state index in [1.54, 1.807) is 0 Å². The van der Waals surface area contributed by atoms with Gasteiger partial charge in [0.2, 0.25) is 0 Å². The number of rotatable bonds is 0. The molecule has 0 atom stereocenters. The molecule has 0 aromatic rings. The topological polar surface area (TPSA) is 0 Å². The Morgan fingerprint density at radius 3 is 1.00 bits per heavy atom. The molecule has 0 aliphatic rings. The van der Waals surface area contributed by atoms with E-state index in [1.807, 2.05) is 0 Å². The van der Waals surface area contributed by atoms with Crippen LogP contribution in [0.3, 0.4) is 0 Å². The number of hydrogen-bond donors (Lipinski definition) is 0. The maximum absolute atomic E-state index is 0. The van der Waals surface area contributed by atoms with Crippen molar-refractivity contribution in [2.24, 2.45) is 0 Å². The zero-order valence-electron chi connectivity index (χ0n) is 2.71. The van der Waals surface area contributed by atoms with Crippen molar-refractivity contribution in [1.29, 1.82) is 0 Å². The van der Waals surface area contributed by atoms with Gasteiger partial charge in [0.15, 0.2) is 0 Å². The summed E-state index contributed by atoms with van der Waals surface area (Å²) >= 11 is 0. The van der Waals surface area contributed by atoms with E-state index in [0.29, 0.717) is 0 Å². The molecule has 0 aromatic carbocycles. The molecule has 0 N–H and O–H groups in total. The fourth-order valence-electron chi connectivity index (χ4n) is 0. The molecule has 6 heavy (non-hydrogen) atoms. The Morgan fingerprint density at radius 1 is 1.00 bits per heavy atom. The fraction of sp³-hybridized carbons (Fsp3) is 0. The van der Waals surface area contributed by atoms with Gasteiger partial charge in [0.25, 0.3) is 0 Å². The Balaban J connectivity index is 0. The van der Waals surface area contributed by atoms with Gasteiger partial charge in [-0.2, -0.15) is 0 Å². The largest absolute Gasteiger partial charge is 0 e. The molecule has 47 valence electrons. The van der Waals surface area contributed by atoms with Crippen molar-refractivity contribution in [3.8, 4) is 0 Å². The quantitative estimate of drug-likeness (QED) is 0.401. The van der Waals surface area contributed by atoms with E-state index in [0.717, 1.165) is 0 Å². The van der Waals surface area contributed by atoms with Crippen LogP contribution in [0.15, 0.2) is 0 Å². The van der Waals surface area contributed by atoms with E-state index in [-0.39, 0.29) is 116 Å². The van der Waals surface area contributed by atoms with Crippen LogP contribution >= 0.6 is 0 Å². The summed E-state index contributed by atoms with van der Waals surface area (Å²) in [7, 11) is 0. The van der Waals surface area contributed by atoms with Gasteiger partial charge in [-0.3, -0.25) is 0 Å². The van der Waals surface area contributed by atoms with Gasteiger partial charge in [-0.25, -0.2) is 0 Å². The minimum Gasteiger partial charge on any atom is 0 e. The molecular formula is H2AgCuMnNiSnZn. The van der Waals surface area contributed by atoms with Crippen LogP contribution in [0.2, 0.25) is 0 Å². The van der Waals surface area contributed by atoms with E-state index >= 15 is 0 Å². The third-order valence-corrected chi connectivity index (χ3v) is 0. The molecule has 0 bridgehead atoms. The molecule has 0 heterocycles. The molecule has 0 saturated heterocycles. The first-order valence-electron chi connectivity index (χ1n) is 0. The SMILES string of the molecule is [Ag].[Cu].[Mn].[Ni].[SnH2].[Zn]. The van der Waals surface area contributed by atoms with E-state index in [9.17, 15) is 0 Å². The zero-order valence-corrected chi connectivity index (χ0v) is 14.3. The summed E-state index contributed by atoms with van der Waals surface area (Å²) in [5, 5.41) is 0. The molecule has 0 unspecified atom stereocenters. The van der Waals surface area contributed by atoms with Crippen molar-refractivity contribution in [3.63, 3.8) is 0 Å². The van der Waals surface area contributed by atoms with E-state index in [2.05, 4.69) is 0 Å². The molecule has 0 saturated carbocycles. The van der Waals surface area contributed by atoms with Crippen LogP contribution in [0.5, 0.6) is 0 Å². The molecular weight excluding hydrogens is 469 g/mol. The second-order valence-electron chi connectivity index (χ2n) is 0. The maximum atomic E-state index is 0. The summed E-state index contributed by atoms with van der Waals surface area (Å²) in [4.78, 5) is 0.